The maximum Gasteiger partial charge on any atom is 0.0594 e. The summed E-state index contributed by atoms with van der Waals surface area (Å²) in [6.45, 7) is 4.02. The zero-order valence-electron chi connectivity index (χ0n) is 9.86. The van der Waals surface area contributed by atoms with Gasteiger partial charge in [-0.15, -0.1) is 0 Å². The highest BCUT2D eigenvalue weighted by atomic mass is 16.5. The number of pyridine rings is 1. The van der Waals surface area contributed by atoms with Crippen LogP contribution in [0.2, 0.25) is 0 Å². The van der Waals surface area contributed by atoms with Crippen LogP contribution in [-0.2, 0) is 4.74 Å². The number of aromatic nitrogens is 1. The molecule has 1 aromatic rings. The molecule has 0 saturated carbocycles. The highest BCUT2D eigenvalue weighted by Crippen LogP contribution is 2.23. The van der Waals surface area contributed by atoms with Crippen molar-refractivity contribution in [2.45, 2.75) is 38.3 Å². The Labute approximate surface area is 97.2 Å². The lowest BCUT2D eigenvalue weighted by Gasteiger charge is -2.20. The molecule has 0 bridgehead atoms. The lowest BCUT2D eigenvalue weighted by Crippen LogP contribution is -2.25. The van der Waals surface area contributed by atoms with Crippen molar-refractivity contribution in [3.63, 3.8) is 0 Å². The van der Waals surface area contributed by atoms with Crippen LogP contribution in [0, 0.1) is 0 Å². The molecule has 1 fully saturated rings. The summed E-state index contributed by atoms with van der Waals surface area (Å²) in [5.41, 5.74) is 1.12. The second-order valence-electron chi connectivity index (χ2n) is 4.24. The van der Waals surface area contributed by atoms with Crippen LogP contribution in [0.1, 0.15) is 37.9 Å². The van der Waals surface area contributed by atoms with Gasteiger partial charge in [0.25, 0.3) is 0 Å². The first-order valence-corrected chi connectivity index (χ1v) is 6.16. The van der Waals surface area contributed by atoms with Crippen LogP contribution in [0.15, 0.2) is 24.4 Å². The number of hydrogen-bond acceptors (Lipinski definition) is 3. The van der Waals surface area contributed by atoms with Gasteiger partial charge in [0.1, 0.15) is 0 Å². The van der Waals surface area contributed by atoms with E-state index >= 15 is 0 Å². The quantitative estimate of drug-likeness (QED) is 0.826. The van der Waals surface area contributed by atoms with E-state index in [0.29, 0.717) is 12.1 Å². The summed E-state index contributed by atoms with van der Waals surface area (Å²) in [5.74, 6) is 0. The van der Waals surface area contributed by atoms with Crippen molar-refractivity contribution in [1.82, 2.24) is 10.3 Å². The van der Waals surface area contributed by atoms with Gasteiger partial charge >= 0.3 is 0 Å². The first-order valence-electron chi connectivity index (χ1n) is 6.16. The third kappa shape index (κ3) is 3.03. The summed E-state index contributed by atoms with van der Waals surface area (Å²) in [5, 5.41) is 3.48. The van der Waals surface area contributed by atoms with Crippen molar-refractivity contribution >= 4 is 0 Å². The Balaban J connectivity index is 1.99. The molecule has 1 aliphatic rings. The van der Waals surface area contributed by atoms with Gasteiger partial charge in [-0.25, -0.2) is 0 Å². The highest BCUT2D eigenvalue weighted by molar-refractivity contribution is 5.09. The number of ether oxygens (including phenoxy) is 1. The first-order chi connectivity index (χ1) is 7.90. The van der Waals surface area contributed by atoms with Crippen molar-refractivity contribution < 1.29 is 4.74 Å². The van der Waals surface area contributed by atoms with E-state index in [9.17, 15) is 0 Å². The van der Waals surface area contributed by atoms with E-state index in [4.69, 9.17) is 4.74 Å². The van der Waals surface area contributed by atoms with Crippen LogP contribution in [0.4, 0.5) is 0 Å². The fourth-order valence-electron chi connectivity index (χ4n) is 2.23. The summed E-state index contributed by atoms with van der Waals surface area (Å²) in [6, 6.07) is 6.41. The van der Waals surface area contributed by atoms with Gasteiger partial charge in [0.2, 0.25) is 0 Å². The van der Waals surface area contributed by atoms with Crippen LogP contribution in [0.3, 0.4) is 0 Å². The second kappa shape index (κ2) is 5.97. The van der Waals surface area contributed by atoms with Crippen molar-refractivity contribution in [2.24, 2.45) is 0 Å². The van der Waals surface area contributed by atoms with Crippen molar-refractivity contribution in [2.75, 3.05) is 13.2 Å². The third-order valence-electron chi connectivity index (χ3n) is 3.02. The van der Waals surface area contributed by atoms with Gasteiger partial charge in [-0.3, -0.25) is 4.98 Å². The molecule has 0 aliphatic carbocycles. The van der Waals surface area contributed by atoms with Gasteiger partial charge < -0.3 is 10.1 Å². The molecular weight excluding hydrogens is 200 g/mol. The number of hydrogen-bond donors (Lipinski definition) is 1. The Morgan fingerprint density at radius 3 is 3.12 bits per heavy atom. The fraction of sp³-hybridized carbons (Fsp3) is 0.615. The summed E-state index contributed by atoms with van der Waals surface area (Å²) < 4.78 is 5.68. The molecule has 2 unspecified atom stereocenters. The van der Waals surface area contributed by atoms with Crippen LogP contribution in [0.5, 0.6) is 0 Å². The van der Waals surface area contributed by atoms with Crippen LogP contribution >= 0.6 is 0 Å². The molecule has 2 heterocycles. The predicted molar refractivity (Wildman–Crippen MR) is 64.2 cm³/mol. The first kappa shape index (κ1) is 11.6. The Morgan fingerprint density at radius 2 is 2.50 bits per heavy atom. The Bertz CT molecular complexity index is 296. The van der Waals surface area contributed by atoms with Crippen LogP contribution < -0.4 is 5.32 Å². The largest absolute Gasteiger partial charge is 0.378 e. The van der Waals surface area contributed by atoms with Gasteiger partial charge in [0.15, 0.2) is 0 Å². The lowest BCUT2D eigenvalue weighted by atomic mass is 10.0. The fourth-order valence-corrected chi connectivity index (χ4v) is 2.23. The van der Waals surface area contributed by atoms with E-state index in [-0.39, 0.29) is 0 Å². The molecule has 1 aromatic heterocycles. The summed E-state index contributed by atoms with van der Waals surface area (Å²) in [6.07, 6.45) is 5.69. The standard InChI is InChI=1S/C13H20N2O/c1-2-14-13(10-11-6-5-9-16-11)12-7-3-4-8-15-12/h3-4,7-8,11,13-14H,2,5-6,9-10H2,1H3. The molecule has 1 saturated heterocycles. The van der Waals surface area contributed by atoms with Crippen molar-refractivity contribution in [3.8, 4) is 0 Å². The van der Waals surface area contributed by atoms with E-state index in [1.165, 1.54) is 12.8 Å². The van der Waals surface area contributed by atoms with Gasteiger partial charge in [0, 0.05) is 12.8 Å². The topological polar surface area (TPSA) is 34.1 Å². The minimum atomic E-state index is 0.328. The monoisotopic (exact) mass is 220 g/mol. The van der Waals surface area contributed by atoms with Gasteiger partial charge in [-0.1, -0.05) is 13.0 Å². The summed E-state index contributed by atoms with van der Waals surface area (Å²) >= 11 is 0. The lowest BCUT2D eigenvalue weighted by molar-refractivity contribution is 0.0943. The molecule has 2 atom stereocenters. The molecule has 0 amide bonds. The second-order valence-corrected chi connectivity index (χ2v) is 4.24. The number of rotatable bonds is 5. The van der Waals surface area contributed by atoms with Crippen molar-refractivity contribution in [3.05, 3.63) is 30.1 Å². The molecule has 0 spiro atoms. The van der Waals surface area contributed by atoms with E-state index in [1.807, 2.05) is 18.3 Å². The van der Waals surface area contributed by atoms with Gasteiger partial charge in [-0.05, 0) is 37.9 Å². The molecule has 3 heteroatoms. The Hall–Kier alpha value is -0.930. The van der Waals surface area contributed by atoms with E-state index in [1.54, 1.807) is 0 Å². The molecule has 1 N–H and O–H groups in total. The van der Waals surface area contributed by atoms with Crippen LogP contribution in [0.25, 0.3) is 0 Å². The number of nitrogens with one attached hydrogen (secondary N) is 1. The molecule has 16 heavy (non-hydrogen) atoms. The van der Waals surface area contributed by atoms with Crippen molar-refractivity contribution in [1.29, 1.82) is 0 Å². The smallest absolute Gasteiger partial charge is 0.0594 e. The van der Waals surface area contributed by atoms with Crippen LogP contribution in [-0.4, -0.2) is 24.2 Å². The molecular formula is C13H20N2O. The highest BCUT2D eigenvalue weighted by Gasteiger charge is 2.21. The summed E-state index contributed by atoms with van der Waals surface area (Å²) in [7, 11) is 0. The minimum absolute atomic E-state index is 0.328. The van der Waals surface area contributed by atoms with E-state index < -0.39 is 0 Å². The normalized spacial score (nSPS) is 22.2. The number of nitrogens with zero attached hydrogens (tertiary/aromatic N) is 1. The van der Waals surface area contributed by atoms with E-state index in [2.05, 4.69) is 23.3 Å². The average Bonchev–Trinajstić information content (AvgIpc) is 2.83. The zero-order valence-corrected chi connectivity index (χ0v) is 9.86. The predicted octanol–water partition coefficient (Wildman–Crippen LogP) is 2.30. The average molecular weight is 220 g/mol. The Kier molecular flexibility index (Phi) is 4.31. The Morgan fingerprint density at radius 1 is 1.56 bits per heavy atom. The minimum Gasteiger partial charge on any atom is -0.378 e. The molecule has 3 nitrogen and oxygen atoms in total. The zero-order chi connectivity index (χ0) is 11.2. The maximum absolute atomic E-state index is 5.68. The summed E-state index contributed by atoms with van der Waals surface area (Å²) in [4.78, 5) is 4.42. The van der Waals surface area contributed by atoms with Gasteiger partial charge in [0.05, 0.1) is 17.8 Å². The molecule has 0 aromatic carbocycles. The van der Waals surface area contributed by atoms with E-state index in [0.717, 1.165) is 25.3 Å². The molecule has 0 radical (unpaired) electrons. The molecule has 1 aliphatic heterocycles. The molecule has 2 rings (SSSR count). The van der Waals surface area contributed by atoms with Gasteiger partial charge in [-0.2, -0.15) is 0 Å². The maximum atomic E-state index is 5.68. The molecule has 88 valence electrons. The third-order valence-corrected chi connectivity index (χ3v) is 3.02. The SMILES string of the molecule is CCNC(CC1CCCO1)c1ccccn1.